The summed E-state index contributed by atoms with van der Waals surface area (Å²) in [5.41, 5.74) is 0.792. The first-order chi connectivity index (χ1) is 7.19. The molecule has 1 aliphatic heterocycles. The zero-order chi connectivity index (χ0) is 10.8. The molecule has 0 amide bonds. The number of alkyl halides is 1. The zero-order valence-electron chi connectivity index (χ0n) is 8.69. The number of hydrogen-bond donors (Lipinski definition) is 1. The van der Waals surface area contributed by atoms with Gasteiger partial charge in [-0.3, -0.25) is 4.90 Å². The Bertz CT molecular complexity index is 329. The minimum Gasteiger partial charge on any atom is -0.395 e. The molecule has 1 fully saturated rings. The van der Waals surface area contributed by atoms with Crippen LogP contribution in [0.2, 0.25) is 0 Å². The van der Waals surface area contributed by atoms with Gasteiger partial charge in [0.05, 0.1) is 12.3 Å². The van der Waals surface area contributed by atoms with E-state index in [2.05, 4.69) is 5.16 Å². The van der Waals surface area contributed by atoms with Crippen LogP contribution in [0.15, 0.2) is 10.6 Å². The van der Waals surface area contributed by atoms with Crippen LogP contribution in [-0.2, 0) is 6.54 Å². The third kappa shape index (κ3) is 2.35. The van der Waals surface area contributed by atoms with Crippen LogP contribution in [0.4, 0.5) is 4.39 Å². The Morgan fingerprint density at radius 1 is 1.73 bits per heavy atom. The van der Waals surface area contributed by atoms with Crippen molar-refractivity contribution in [3.63, 3.8) is 0 Å². The number of aliphatic hydroxyl groups excluding tert-OH is 1. The summed E-state index contributed by atoms with van der Waals surface area (Å²) in [6, 6.07) is 1.75. The number of halogens is 1. The molecule has 1 aromatic heterocycles. The summed E-state index contributed by atoms with van der Waals surface area (Å²) in [6.07, 6.45) is -0.428. The van der Waals surface area contributed by atoms with E-state index in [9.17, 15) is 4.39 Å². The van der Waals surface area contributed by atoms with Crippen molar-refractivity contribution in [1.82, 2.24) is 10.1 Å². The fourth-order valence-corrected chi connectivity index (χ4v) is 2.01. The molecule has 0 aliphatic carbocycles. The normalized spacial score (nSPS) is 27.4. The summed E-state index contributed by atoms with van der Waals surface area (Å²) in [5.74, 6) is 0.751. The van der Waals surface area contributed by atoms with E-state index in [1.54, 1.807) is 0 Å². The van der Waals surface area contributed by atoms with Crippen LogP contribution in [0.3, 0.4) is 0 Å². The SMILES string of the molecule is Cc1cc(CN2C[C@@H](F)C[C@H]2CO)no1. The highest BCUT2D eigenvalue weighted by Gasteiger charge is 2.31. The molecule has 1 aromatic rings. The van der Waals surface area contributed by atoms with Gasteiger partial charge in [-0.05, 0) is 13.3 Å². The van der Waals surface area contributed by atoms with Gasteiger partial charge in [-0.1, -0.05) is 5.16 Å². The maximum Gasteiger partial charge on any atom is 0.133 e. The van der Waals surface area contributed by atoms with Crippen LogP contribution >= 0.6 is 0 Å². The van der Waals surface area contributed by atoms with Gasteiger partial charge in [-0.15, -0.1) is 0 Å². The van der Waals surface area contributed by atoms with Gasteiger partial charge in [0.2, 0.25) is 0 Å². The number of aliphatic hydroxyl groups is 1. The van der Waals surface area contributed by atoms with Crippen molar-refractivity contribution in [2.24, 2.45) is 0 Å². The molecule has 0 bridgehead atoms. The average Bonchev–Trinajstić information content (AvgIpc) is 2.73. The fourth-order valence-electron chi connectivity index (χ4n) is 2.01. The van der Waals surface area contributed by atoms with E-state index < -0.39 is 6.17 Å². The van der Waals surface area contributed by atoms with Gasteiger partial charge in [0.1, 0.15) is 11.9 Å². The Hall–Kier alpha value is -0.940. The van der Waals surface area contributed by atoms with Gasteiger partial charge in [0.15, 0.2) is 0 Å². The lowest BCUT2D eigenvalue weighted by molar-refractivity contribution is 0.150. The first-order valence-corrected chi connectivity index (χ1v) is 5.10. The molecule has 5 heteroatoms. The quantitative estimate of drug-likeness (QED) is 0.811. The molecule has 2 rings (SSSR count). The highest BCUT2D eigenvalue weighted by molar-refractivity contribution is 5.04. The van der Waals surface area contributed by atoms with Crippen LogP contribution < -0.4 is 0 Å². The number of aryl methyl sites for hydroxylation is 1. The topological polar surface area (TPSA) is 49.5 Å². The molecule has 0 radical (unpaired) electrons. The van der Waals surface area contributed by atoms with E-state index in [4.69, 9.17) is 9.63 Å². The second-order valence-electron chi connectivity index (χ2n) is 4.03. The van der Waals surface area contributed by atoms with Gasteiger partial charge >= 0.3 is 0 Å². The van der Waals surface area contributed by atoms with Gasteiger partial charge in [0, 0.05) is 25.2 Å². The fraction of sp³-hybridized carbons (Fsp3) is 0.700. The van der Waals surface area contributed by atoms with Crippen molar-refractivity contribution in [3.8, 4) is 0 Å². The van der Waals surface area contributed by atoms with E-state index in [1.807, 2.05) is 17.9 Å². The van der Waals surface area contributed by atoms with E-state index >= 15 is 0 Å². The Kier molecular flexibility index (Phi) is 3.02. The summed E-state index contributed by atoms with van der Waals surface area (Å²) < 4.78 is 18.1. The lowest BCUT2D eigenvalue weighted by atomic mass is 10.2. The molecular weight excluding hydrogens is 199 g/mol. The van der Waals surface area contributed by atoms with E-state index in [0.717, 1.165) is 11.5 Å². The monoisotopic (exact) mass is 214 g/mol. The molecule has 2 atom stereocenters. The van der Waals surface area contributed by atoms with E-state index in [-0.39, 0.29) is 12.6 Å². The number of nitrogens with zero attached hydrogens (tertiary/aromatic N) is 2. The van der Waals surface area contributed by atoms with Gasteiger partial charge in [-0.25, -0.2) is 4.39 Å². The van der Waals surface area contributed by atoms with Gasteiger partial charge in [0.25, 0.3) is 0 Å². The highest BCUT2D eigenvalue weighted by Crippen LogP contribution is 2.22. The van der Waals surface area contributed by atoms with Crippen molar-refractivity contribution in [3.05, 3.63) is 17.5 Å². The first kappa shape index (κ1) is 10.6. The standard InChI is InChI=1S/C10H15FN2O2/c1-7-2-9(12-15-7)5-13-4-8(11)3-10(13)6-14/h2,8,10,14H,3-6H2,1H3/t8-,10-/m0/s1. The summed E-state index contributed by atoms with van der Waals surface area (Å²) in [7, 11) is 0. The van der Waals surface area contributed by atoms with E-state index in [1.165, 1.54) is 0 Å². The predicted molar refractivity (Wildman–Crippen MR) is 52.0 cm³/mol. The minimum atomic E-state index is -0.838. The van der Waals surface area contributed by atoms with Gasteiger partial charge < -0.3 is 9.63 Å². The number of rotatable bonds is 3. The molecule has 2 heterocycles. The Balaban J connectivity index is 1.99. The predicted octanol–water partition coefficient (Wildman–Crippen LogP) is 0.888. The van der Waals surface area contributed by atoms with Crippen molar-refractivity contribution in [2.45, 2.75) is 32.1 Å². The molecule has 0 aromatic carbocycles. The van der Waals surface area contributed by atoms with Gasteiger partial charge in [-0.2, -0.15) is 0 Å². The van der Waals surface area contributed by atoms with Crippen LogP contribution in [0.25, 0.3) is 0 Å². The van der Waals surface area contributed by atoms with Crippen molar-refractivity contribution >= 4 is 0 Å². The lowest BCUT2D eigenvalue weighted by Crippen LogP contribution is -2.31. The third-order valence-electron chi connectivity index (χ3n) is 2.73. The number of likely N-dealkylation sites (tertiary alicyclic amines) is 1. The molecule has 1 saturated heterocycles. The van der Waals surface area contributed by atoms with Crippen molar-refractivity contribution < 1.29 is 14.0 Å². The Labute approximate surface area is 87.7 Å². The maximum atomic E-state index is 13.1. The average molecular weight is 214 g/mol. The third-order valence-corrected chi connectivity index (χ3v) is 2.73. The second-order valence-corrected chi connectivity index (χ2v) is 4.03. The molecule has 1 aliphatic rings. The Morgan fingerprint density at radius 2 is 2.53 bits per heavy atom. The smallest absolute Gasteiger partial charge is 0.133 e. The molecule has 0 unspecified atom stereocenters. The first-order valence-electron chi connectivity index (χ1n) is 5.10. The summed E-state index contributed by atoms with van der Waals surface area (Å²) in [6.45, 7) is 2.74. The highest BCUT2D eigenvalue weighted by atomic mass is 19.1. The van der Waals surface area contributed by atoms with Crippen molar-refractivity contribution in [2.75, 3.05) is 13.2 Å². The molecule has 1 N–H and O–H groups in total. The van der Waals surface area contributed by atoms with E-state index in [0.29, 0.717) is 19.5 Å². The van der Waals surface area contributed by atoms with Crippen LogP contribution in [0, 0.1) is 6.92 Å². The molecular formula is C10H15FN2O2. The molecule has 15 heavy (non-hydrogen) atoms. The largest absolute Gasteiger partial charge is 0.395 e. The van der Waals surface area contributed by atoms with Crippen LogP contribution in [0.5, 0.6) is 0 Å². The summed E-state index contributed by atoms with van der Waals surface area (Å²) >= 11 is 0. The summed E-state index contributed by atoms with van der Waals surface area (Å²) in [5, 5.41) is 12.9. The summed E-state index contributed by atoms with van der Waals surface area (Å²) in [4.78, 5) is 1.90. The molecule has 0 spiro atoms. The molecule has 4 nitrogen and oxygen atoms in total. The molecule has 0 saturated carbocycles. The van der Waals surface area contributed by atoms with Crippen LogP contribution in [-0.4, -0.2) is 40.5 Å². The Morgan fingerprint density at radius 3 is 3.13 bits per heavy atom. The molecule has 84 valence electrons. The maximum absolute atomic E-state index is 13.1. The van der Waals surface area contributed by atoms with Crippen molar-refractivity contribution in [1.29, 1.82) is 0 Å². The van der Waals surface area contributed by atoms with Crippen LogP contribution in [0.1, 0.15) is 17.9 Å². The minimum absolute atomic E-state index is 0.00272. The lowest BCUT2D eigenvalue weighted by Gasteiger charge is -2.20. The zero-order valence-corrected chi connectivity index (χ0v) is 8.69. The number of aromatic nitrogens is 1. The number of hydrogen-bond acceptors (Lipinski definition) is 4. The second kappa shape index (κ2) is 4.28.